The number of nitrogens with zero attached hydrogens (tertiary/aromatic N) is 4. The third-order valence-electron chi connectivity index (χ3n) is 13.5. The van der Waals surface area contributed by atoms with Gasteiger partial charge in [0.1, 0.15) is 29.6 Å². The van der Waals surface area contributed by atoms with Gasteiger partial charge in [-0.3, -0.25) is 23.9 Å². The average molecular weight is 872 g/mol. The zero-order valence-electron chi connectivity index (χ0n) is 33.7. The molecule has 1 saturated carbocycles. The second-order valence-corrected chi connectivity index (χ2v) is 18.7. The molecule has 10 nitrogen and oxygen atoms in total. The molecule has 4 aliphatic rings. The molecule has 6 atom stereocenters. The van der Waals surface area contributed by atoms with E-state index in [2.05, 4.69) is 0 Å². The molecule has 4 aromatic carbocycles. The molecule has 2 aliphatic carbocycles. The summed E-state index contributed by atoms with van der Waals surface area (Å²) < 4.78 is 8.66. The highest BCUT2D eigenvalue weighted by Gasteiger charge is 2.68. The summed E-state index contributed by atoms with van der Waals surface area (Å²) in [4.78, 5) is 62.6. The van der Waals surface area contributed by atoms with Crippen molar-refractivity contribution in [3.8, 4) is 22.1 Å². The van der Waals surface area contributed by atoms with Gasteiger partial charge in [-0.05, 0) is 98.0 Å². The Hall–Kier alpha value is -5.75. The lowest BCUT2D eigenvalue weighted by Gasteiger charge is -2.49. The van der Waals surface area contributed by atoms with Crippen molar-refractivity contribution in [3.63, 3.8) is 0 Å². The van der Waals surface area contributed by atoms with Gasteiger partial charge in [-0.1, -0.05) is 77.3 Å². The van der Waals surface area contributed by atoms with E-state index in [9.17, 15) is 14.7 Å². The van der Waals surface area contributed by atoms with Gasteiger partial charge in [0.15, 0.2) is 0 Å². The average Bonchev–Trinajstić information content (AvgIpc) is 3.92. The number of allylic oxidation sites excluding steroid dienone is 2. The third-order valence-corrected chi connectivity index (χ3v) is 15.4. The van der Waals surface area contributed by atoms with Gasteiger partial charge < -0.3 is 9.84 Å². The Morgan fingerprint density at radius 3 is 2.43 bits per heavy atom. The number of thiophene rings is 1. The van der Waals surface area contributed by atoms with E-state index >= 15 is 9.59 Å². The van der Waals surface area contributed by atoms with Crippen molar-refractivity contribution in [2.24, 2.45) is 36.1 Å². The largest absolute Gasteiger partial charge is 0.508 e. The number of aromatic nitrogens is 2. The summed E-state index contributed by atoms with van der Waals surface area (Å²) in [6.45, 7) is 5.93. The van der Waals surface area contributed by atoms with E-state index in [0.29, 0.717) is 38.6 Å². The zero-order valence-corrected chi connectivity index (χ0v) is 36.0. The summed E-state index contributed by atoms with van der Waals surface area (Å²) in [5.74, 6) is -4.68. The molecular weight excluding hydrogens is 832 g/mol. The van der Waals surface area contributed by atoms with Crippen molar-refractivity contribution in [2.75, 3.05) is 9.80 Å². The van der Waals surface area contributed by atoms with Crippen LogP contribution in [0.15, 0.2) is 103 Å². The van der Waals surface area contributed by atoms with Crippen LogP contribution in [0.1, 0.15) is 47.9 Å². The molecule has 2 aromatic heterocycles. The minimum Gasteiger partial charge on any atom is -0.508 e. The molecule has 0 spiro atoms. The summed E-state index contributed by atoms with van der Waals surface area (Å²) in [6.07, 6.45) is 2.37. The van der Waals surface area contributed by atoms with Crippen molar-refractivity contribution < 1.29 is 29.0 Å². The summed E-state index contributed by atoms with van der Waals surface area (Å²) in [7, 11) is 1.71. The van der Waals surface area contributed by atoms with Crippen LogP contribution in [0.4, 0.5) is 11.5 Å². The van der Waals surface area contributed by atoms with Crippen LogP contribution < -0.4 is 14.5 Å². The van der Waals surface area contributed by atoms with Crippen molar-refractivity contribution >= 4 is 79.8 Å². The lowest BCUT2D eigenvalue weighted by Crippen LogP contribution is -2.49. The summed E-state index contributed by atoms with van der Waals surface area (Å²) >= 11 is 14.4. The number of halogens is 2. The van der Waals surface area contributed by atoms with Crippen LogP contribution in [0.5, 0.6) is 11.5 Å². The maximum absolute atomic E-state index is 15.3. The number of hydrogen-bond acceptors (Lipinski definition) is 8. The first kappa shape index (κ1) is 39.4. The molecule has 4 amide bonds. The number of rotatable bonds is 7. The smallest absolute Gasteiger partial charge is 0.242 e. The number of benzene rings is 4. The highest BCUT2D eigenvalue weighted by atomic mass is 35.5. The predicted molar refractivity (Wildman–Crippen MR) is 236 cm³/mol. The highest BCUT2D eigenvalue weighted by Crippen LogP contribution is 2.64. The number of fused-ring (bicyclic) bond motifs is 5. The van der Waals surface area contributed by atoms with Crippen LogP contribution in [-0.4, -0.2) is 38.5 Å². The number of anilines is 2. The second-order valence-electron chi connectivity index (χ2n) is 16.8. The Bertz CT molecular complexity index is 2910. The first-order valence-corrected chi connectivity index (χ1v) is 21.8. The number of carbonyl (C=O) groups excluding carboxylic acids is 4. The lowest BCUT2D eigenvalue weighted by atomic mass is 9.51. The van der Waals surface area contributed by atoms with Crippen LogP contribution in [-0.2, 0) is 32.8 Å². The molecule has 3 fully saturated rings. The van der Waals surface area contributed by atoms with Gasteiger partial charge in [0.25, 0.3) is 0 Å². The molecule has 308 valence electrons. The molecule has 10 rings (SSSR count). The van der Waals surface area contributed by atoms with E-state index < -0.39 is 46.8 Å². The Labute approximate surface area is 365 Å². The molecule has 6 aromatic rings. The number of hydrogen-bond donors (Lipinski definition) is 1. The molecule has 0 radical (unpaired) electrons. The highest BCUT2D eigenvalue weighted by molar-refractivity contribution is 7.22. The van der Waals surface area contributed by atoms with E-state index in [4.69, 9.17) is 33.0 Å². The third kappa shape index (κ3) is 5.99. The number of carbonyl (C=O) groups is 4. The first-order valence-electron chi connectivity index (χ1n) is 20.2. The Morgan fingerprint density at radius 1 is 0.885 bits per heavy atom. The molecule has 4 heterocycles. The molecule has 13 heteroatoms. The Morgan fingerprint density at radius 2 is 1.67 bits per heavy atom. The number of aryl methyl sites for hydroxylation is 3. The fourth-order valence-corrected chi connectivity index (χ4v) is 11.9. The second kappa shape index (κ2) is 14.4. The van der Waals surface area contributed by atoms with Gasteiger partial charge >= 0.3 is 0 Å². The van der Waals surface area contributed by atoms with Gasteiger partial charge in [-0.2, -0.15) is 5.10 Å². The summed E-state index contributed by atoms with van der Waals surface area (Å²) in [5.41, 5.74) is 3.56. The molecule has 2 aliphatic heterocycles. The minimum absolute atomic E-state index is 0.106. The SMILES string of the molecule is Cc1ccc(N2C(=O)[C@H]3[C@H](CC=C4[C@H]3C[C@H]3C(=O)N(c5cc(-c6sc7ccc(Cl)cc7c6C)nn5C)C(=O)[C@@]3(C)[C@H]4c3ccc(OCc4ccccc4)cc3O)C2=O)cc1Cl. The van der Waals surface area contributed by atoms with Gasteiger partial charge in [-0.15, -0.1) is 11.3 Å². The zero-order chi connectivity index (χ0) is 42.6. The summed E-state index contributed by atoms with van der Waals surface area (Å²) in [6, 6.07) is 27.3. The number of ether oxygens (including phenoxy) is 1. The molecule has 1 N–H and O–H groups in total. The van der Waals surface area contributed by atoms with E-state index in [1.165, 1.54) is 15.9 Å². The number of amides is 4. The monoisotopic (exact) mass is 870 g/mol. The number of phenolic OH excluding ortho intramolecular Hbond substituents is 1. The molecular formula is C48H40Cl2N4O6S. The van der Waals surface area contributed by atoms with Gasteiger partial charge in [0.2, 0.25) is 23.6 Å². The molecule has 0 bridgehead atoms. The van der Waals surface area contributed by atoms with Crippen LogP contribution in [0.2, 0.25) is 10.0 Å². The molecule has 0 unspecified atom stereocenters. The maximum Gasteiger partial charge on any atom is 0.242 e. The fourth-order valence-electron chi connectivity index (χ4n) is 10.4. The Kier molecular flexibility index (Phi) is 9.32. The summed E-state index contributed by atoms with van der Waals surface area (Å²) in [5, 5.41) is 18.8. The maximum atomic E-state index is 15.3. The van der Waals surface area contributed by atoms with Crippen molar-refractivity contribution in [1.82, 2.24) is 9.78 Å². The van der Waals surface area contributed by atoms with Crippen molar-refractivity contribution in [2.45, 2.75) is 46.1 Å². The Balaban J connectivity index is 1.06. The quantitative estimate of drug-likeness (QED) is 0.125. The molecule has 61 heavy (non-hydrogen) atoms. The van der Waals surface area contributed by atoms with Crippen LogP contribution >= 0.6 is 34.5 Å². The minimum atomic E-state index is -1.39. The standard InChI is InChI=1S/C48H40Cl2N4O6S/c1-24-10-12-28(19-36(24)50)53-44(56)32-16-15-30-34(41(32)46(53)58)21-35-45(57)54(40-22-37(51-52(40)4)43-25(2)33-18-27(49)11-17-39(33)61-43)47(59)48(35,3)42(30)31-14-13-29(20-38(31)55)60-23-26-8-6-5-7-9-26/h5-15,17-20,22,32,34-35,41-42,55H,16,21,23H2,1-4H3/t32-,34+,35-,41-,42+,48+/m0/s1. The van der Waals surface area contributed by atoms with Gasteiger partial charge in [0.05, 0.1) is 33.7 Å². The van der Waals surface area contributed by atoms with Crippen LogP contribution in [0.25, 0.3) is 20.7 Å². The fraction of sp³-hybridized carbons (Fsp3) is 0.271. The normalized spacial score (nSPS) is 24.6. The van der Waals surface area contributed by atoms with Crippen LogP contribution in [0, 0.1) is 42.9 Å². The topological polar surface area (TPSA) is 122 Å². The van der Waals surface area contributed by atoms with Crippen molar-refractivity contribution in [1.29, 1.82) is 0 Å². The van der Waals surface area contributed by atoms with Crippen molar-refractivity contribution in [3.05, 3.63) is 135 Å². The van der Waals surface area contributed by atoms with E-state index in [1.54, 1.807) is 66.4 Å². The predicted octanol–water partition coefficient (Wildman–Crippen LogP) is 9.95. The van der Waals surface area contributed by atoms with E-state index in [0.717, 1.165) is 37.2 Å². The van der Waals surface area contributed by atoms with Gasteiger partial charge in [0, 0.05) is 45.4 Å². The van der Waals surface area contributed by atoms with Gasteiger partial charge in [-0.25, -0.2) is 9.80 Å². The van der Waals surface area contributed by atoms with Crippen LogP contribution in [0.3, 0.4) is 0 Å². The van der Waals surface area contributed by atoms with E-state index in [-0.39, 0.29) is 37.0 Å². The number of aromatic hydroxyl groups is 1. The lowest BCUT2D eigenvalue weighted by molar-refractivity contribution is -0.131. The van der Waals surface area contributed by atoms with E-state index in [1.807, 2.05) is 68.5 Å². The number of imide groups is 2. The molecule has 2 saturated heterocycles. The first-order chi connectivity index (χ1) is 29.3. The number of phenols is 1.